The van der Waals surface area contributed by atoms with E-state index in [0.29, 0.717) is 16.7 Å². The van der Waals surface area contributed by atoms with Crippen LogP contribution >= 0.6 is 0 Å². The number of carbonyl (C=O) groups excluding carboxylic acids is 1. The number of hydrogen-bond donors (Lipinski definition) is 1. The van der Waals surface area contributed by atoms with E-state index in [0.717, 1.165) is 25.3 Å². The number of benzene rings is 4. The van der Waals surface area contributed by atoms with Crippen LogP contribution in [-0.4, -0.2) is 24.2 Å². The van der Waals surface area contributed by atoms with Gasteiger partial charge in [0.05, 0.1) is 23.8 Å². The summed E-state index contributed by atoms with van der Waals surface area (Å²) in [6.45, 7) is -0.0399. The molecule has 0 bridgehead atoms. The van der Waals surface area contributed by atoms with Crippen LogP contribution in [0.4, 0.5) is 17.6 Å². The van der Waals surface area contributed by atoms with Crippen molar-refractivity contribution in [3.8, 4) is 28.0 Å². The highest BCUT2D eigenvalue weighted by atomic mass is 19.4. The van der Waals surface area contributed by atoms with Gasteiger partial charge in [0.1, 0.15) is 18.2 Å². The molecule has 4 aromatic carbocycles. The number of halogens is 4. The van der Waals surface area contributed by atoms with Crippen LogP contribution in [0.3, 0.4) is 0 Å². The van der Waals surface area contributed by atoms with Gasteiger partial charge in [0, 0.05) is 5.56 Å². The molecule has 0 radical (unpaired) electrons. The average Bonchev–Trinajstić information content (AvgIpc) is 2.91. The molecule has 0 amide bonds. The number of methoxy groups -OCH3 is 1. The smallest absolute Gasteiger partial charge is 0.416 e. The molecular weight excluding hydrogens is 504 g/mol. The molecule has 0 aromatic heterocycles. The lowest BCUT2D eigenvalue weighted by Crippen LogP contribution is -2.07. The van der Waals surface area contributed by atoms with Crippen LogP contribution in [0.15, 0.2) is 84.9 Å². The van der Waals surface area contributed by atoms with Crippen molar-refractivity contribution in [2.75, 3.05) is 7.11 Å². The van der Waals surface area contributed by atoms with E-state index in [4.69, 9.17) is 9.47 Å². The minimum atomic E-state index is -4.64. The molecule has 0 atom stereocenters. The number of carbonyl (C=O) groups is 2. The SMILES string of the molecule is COC(=O)c1cc(C(=O)O)cc(-c2ccccc2-c2cc(C(F)(F)F)ccc2OCc2ccc(F)cc2)c1. The van der Waals surface area contributed by atoms with E-state index in [1.54, 1.807) is 24.3 Å². The molecule has 1 N–H and O–H groups in total. The molecule has 0 aliphatic heterocycles. The molecule has 38 heavy (non-hydrogen) atoms. The largest absolute Gasteiger partial charge is 0.488 e. The summed E-state index contributed by atoms with van der Waals surface area (Å²) in [5.74, 6) is -2.38. The molecule has 4 rings (SSSR count). The van der Waals surface area contributed by atoms with Gasteiger partial charge in [-0.05, 0) is 70.8 Å². The standard InChI is InChI=1S/C29H20F4O5/c1-37-28(36)20-13-18(12-19(14-20)27(34)35)23-4-2-3-5-24(23)25-15-21(29(31,32)33)8-11-26(25)38-16-17-6-9-22(30)10-7-17/h2-15H,16H2,1H3,(H,34,35). The number of carboxylic acids is 1. The Balaban J connectivity index is 1.87. The summed E-state index contributed by atoms with van der Waals surface area (Å²) >= 11 is 0. The normalized spacial score (nSPS) is 11.2. The molecule has 0 unspecified atom stereocenters. The van der Waals surface area contributed by atoms with E-state index in [2.05, 4.69) is 0 Å². The molecule has 0 fully saturated rings. The van der Waals surface area contributed by atoms with Crippen LogP contribution in [-0.2, 0) is 17.5 Å². The lowest BCUT2D eigenvalue weighted by molar-refractivity contribution is -0.137. The zero-order valence-corrected chi connectivity index (χ0v) is 19.9. The summed E-state index contributed by atoms with van der Waals surface area (Å²) in [6, 6.07) is 18.8. The van der Waals surface area contributed by atoms with Crippen LogP contribution < -0.4 is 4.74 Å². The fourth-order valence-corrected chi connectivity index (χ4v) is 3.90. The lowest BCUT2D eigenvalue weighted by Gasteiger charge is -2.18. The third kappa shape index (κ3) is 5.83. The summed E-state index contributed by atoms with van der Waals surface area (Å²) in [5.41, 5.74) is 0.510. The first kappa shape index (κ1) is 26.4. The Morgan fingerprint density at radius 1 is 0.816 bits per heavy atom. The number of carboxylic acid groups (broad SMARTS) is 1. The maximum atomic E-state index is 13.7. The minimum Gasteiger partial charge on any atom is -0.488 e. The molecular formula is C29H20F4O5. The van der Waals surface area contributed by atoms with Gasteiger partial charge in [0.25, 0.3) is 0 Å². The van der Waals surface area contributed by atoms with Gasteiger partial charge in [-0.1, -0.05) is 36.4 Å². The number of rotatable bonds is 7. The first-order valence-corrected chi connectivity index (χ1v) is 11.2. The minimum absolute atomic E-state index is 0.0333. The highest BCUT2D eigenvalue weighted by molar-refractivity contribution is 5.98. The van der Waals surface area contributed by atoms with Gasteiger partial charge in [0.15, 0.2) is 0 Å². The molecule has 9 heteroatoms. The Hall–Kier alpha value is -4.66. The summed E-state index contributed by atoms with van der Waals surface area (Å²) < 4.78 is 64.8. The van der Waals surface area contributed by atoms with Crippen molar-refractivity contribution in [3.05, 3.63) is 113 Å². The quantitative estimate of drug-likeness (QED) is 0.204. The monoisotopic (exact) mass is 524 g/mol. The van der Waals surface area contributed by atoms with Crippen LogP contribution in [0.5, 0.6) is 5.75 Å². The van der Waals surface area contributed by atoms with Crippen LogP contribution in [0.2, 0.25) is 0 Å². The summed E-state index contributed by atoms with van der Waals surface area (Å²) in [6.07, 6.45) is -4.64. The number of aromatic carboxylic acids is 1. The Bertz CT molecular complexity index is 1490. The lowest BCUT2D eigenvalue weighted by atomic mass is 9.91. The van der Waals surface area contributed by atoms with E-state index in [9.17, 15) is 32.3 Å². The second-order valence-electron chi connectivity index (χ2n) is 8.27. The number of alkyl halides is 3. The van der Waals surface area contributed by atoms with Gasteiger partial charge in [-0.2, -0.15) is 13.2 Å². The number of ether oxygens (including phenoxy) is 2. The number of hydrogen-bond acceptors (Lipinski definition) is 4. The van der Waals surface area contributed by atoms with Crippen molar-refractivity contribution < 1.29 is 41.7 Å². The van der Waals surface area contributed by atoms with Crippen molar-refractivity contribution >= 4 is 11.9 Å². The van der Waals surface area contributed by atoms with Gasteiger partial charge < -0.3 is 14.6 Å². The van der Waals surface area contributed by atoms with Gasteiger partial charge in [0.2, 0.25) is 0 Å². The molecule has 0 saturated carbocycles. The maximum Gasteiger partial charge on any atom is 0.416 e. The molecule has 5 nitrogen and oxygen atoms in total. The van der Waals surface area contributed by atoms with Crippen molar-refractivity contribution in [2.24, 2.45) is 0 Å². The highest BCUT2D eigenvalue weighted by Gasteiger charge is 2.31. The first-order valence-electron chi connectivity index (χ1n) is 11.2. The molecule has 4 aromatic rings. The van der Waals surface area contributed by atoms with Crippen LogP contribution in [0, 0.1) is 5.82 Å². The third-order valence-electron chi connectivity index (χ3n) is 5.74. The predicted molar refractivity (Wildman–Crippen MR) is 131 cm³/mol. The second-order valence-corrected chi connectivity index (χ2v) is 8.27. The molecule has 0 aliphatic carbocycles. The Labute approximate surface area is 214 Å². The van der Waals surface area contributed by atoms with Crippen molar-refractivity contribution in [2.45, 2.75) is 12.8 Å². The predicted octanol–water partition coefficient (Wildman–Crippen LogP) is 7.24. The Morgan fingerprint density at radius 2 is 1.47 bits per heavy atom. The maximum absolute atomic E-state index is 13.7. The van der Waals surface area contributed by atoms with E-state index in [-0.39, 0.29) is 34.6 Å². The molecule has 0 aliphatic rings. The molecule has 0 heterocycles. The van der Waals surface area contributed by atoms with Crippen molar-refractivity contribution in [1.29, 1.82) is 0 Å². The fourth-order valence-electron chi connectivity index (χ4n) is 3.90. The van der Waals surface area contributed by atoms with Gasteiger partial charge in [-0.3, -0.25) is 0 Å². The van der Waals surface area contributed by atoms with Crippen LogP contribution in [0.25, 0.3) is 22.3 Å². The second kappa shape index (κ2) is 10.8. The van der Waals surface area contributed by atoms with Gasteiger partial charge >= 0.3 is 18.1 Å². The Kier molecular flexibility index (Phi) is 7.47. The van der Waals surface area contributed by atoms with Crippen molar-refractivity contribution in [1.82, 2.24) is 0 Å². The summed E-state index contributed by atoms with van der Waals surface area (Å²) in [5, 5.41) is 9.57. The number of esters is 1. The summed E-state index contributed by atoms with van der Waals surface area (Å²) in [4.78, 5) is 23.9. The highest BCUT2D eigenvalue weighted by Crippen LogP contribution is 2.41. The third-order valence-corrected chi connectivity index (χ3v) is 5.74. The van der Waals surface area contributed by atoms with Crippen LogP contribution in [0.1, 0.15) is 31.8 Å². The summed E-state index contributed by atoms with van der Waals surface area (Å²) in [7, 11) is 1.15. The van der Waals surface area contributed by atoms with Gasteiger partial charge in [-0.25, -0.2) is 14.0 Å². The van der Waals surface area contributed by atoms with Crippen molar-refractivity contribution in [3.63, 3.8) is 0 Å². The van der Waals surface area contributed by atoms with E-state index >= 15 is 0 Å². The first-order chi connectivity index (χ1) is 18.1. The Morgan fingerprint density at radius 3 is 2.11 bits per heavy atom. The van der Waals surface area contributed by atoms with Gasteiger partial charge in [-0.15, -0.1) is 0 Å². The zero-order chi connectivity index (χ0) is 27.4. The molecule has 0 spiro atoms. The van der Waals surface area contributed by atoms with E-state index in [1.165, 1.54) is 42.5 Å². The van der Waals surface area contributed by atoms with E-state index in [1.807, 2.05) is 0 Å². The zero-order valence-electron chi connectivity index (χ0n) is 19.9. The molecule has 194 valence electrons. The van der Waals surface area contributed by atoms with E-state index < -0.39 is 29.5 Å². The molecule has 0 saturated heterocycles. The fraction of sp³-hybridized carbons (Fsp3) is 0.103. The average molecular weight is 524 g/mol. The topological polar surface area (TPSA) is 72.8 Å².